The Morgan fingerprint density at radius 3 is 0.872 bits per heavy atom. The number of methoxy groups -OCH3 is 3. The number of aromatic nitrogens is 3. The smallest absolute Gasteiger partial charge is 0.303 e. The number of ether oxygens (including phenoxy) is 3. The van der Waals surface area contributed by atoms with Crippen molar-refractivity contribution in [2.45, 2.75) is 103 Å². The number of fused-ring (bicyclic) bond motifs is 3. The summed E-state index contributed by atoms with van der Waals surface area (Å²) in [5.74, 6) is -5.80. The molecule has 6 amide bonds. The molecule has 0 spiro atoms. The highest BCUT2D eigenvalue weighted by atomic mass is 16.5. The molecule has 3 atom stereocenters. The van der Waals surface area contributed by atoms with E-state index in [-0.39, 0.29) is 38.5 Å². The van der Waals surface area contributed by atoms with Gasteiger partial charge >= 0.3 is 17.9 Å². The van der Waals surface area contributed by atoms with Crippen molar-refractivity contribution in [2.24, 2.45) is 0 Å². The van der Waals surface area contributed by atoms with Gasteiger partial charge in [-0.3, -0.25) is 43.2 Å². The first-order chi connectivity index (χ1) is 45.1. The number of carbonyl (C=O) groups excluding carboxylic acids is 6. The number of aryl methyl sites for hydroxylation is 3. The Hall–Kier alpha value is -11.4. The Bertz CT molecular complexity index is 3890. The van der Waals surface area contributed by atoms with Crippen molar-refractivity contribution in [1.82, 2.24) is 30.9 Å². The number of hydrogen-bond acceptors (Lipinski definition) is 12. The van der Waals surface area contributed by atoms with Crippen molar-refractivity contribution in [3.8, 4) is 17.2 Å². The molecule has 0 saturated carbocycles. The third-order valence-electron chi connectivity index (χ3n) is 16.4. The van der Waals surface area contributed by atoms with Crippen LogP contribution in [0.3, 0.4) is 0 Å². The molecular weight excluding hydrogens is 1210 g/mol. The van der Waals surface area contributed by atoms with E-state index in [2.05, 4.69) is 46.9 Å². The minimum atomic E-state index is -1.24. The second kappa shape index (κ2) is 30.1. The Balaban J connectivity index is 0.949. The van der Waals surface area contributed by atoms with Gasteiger partial charge in [-0.25, -0.2) is 0 Å². The number of aliphatic carboxylic acids is 3. The molecule has 3 aromatic heterocycles. The zero-order valence-electron chi connectivity index (χ0n) is 52.5. The van der Waals surface area contributed by atoms with Gasteiger partial charge in [0.1, 0.15) is 35.4 Å². The van der Waals surface area contributed by atoms with E-state index in [1.165, 1.54) is 21.3 Å². The van der Waals surface area contributed by atoms with E-state index in [1.54, 1.807) is 109 Å². The van der Waals surface area contributed by atoms with Crippen LogP contribution in [0.15, 0.2) is 127 Å². The predicted molar refractivity (Wildman–Crippen MR) is 352 cm³/mol. The van der Waals surface area contributed by atoms with Crippen LogP contribution < -0.4 is 46.1 Å². The number of carboxylic acid groups (broad SMARTS) is 3. The number of carbonyl (C=O) groups is 9. The lowest BCUT2D eigenvalue weighted by Gasteiger charge is -2.22. The summed E-state index contributed by atoms with van der Waals surface area (Å²) in [4.78, 5) is 128. The predicted octanol–water partition coefficient (Wildman–Crippen LogP) is 8.85. The molecule has 0 aliphatic carbocycles. The maximum Gasteiger partial charge on any atom is 0.303 e. The van der Waals surface area contributed by atoms with Gasteiger partial charge in [-0.1, -0.05) is 36.4 Å². The molecule has 6 aromatic carbocycles. The fourth-order valence-electron chi connectivity index (χ4n) is 11.5. The molecule has 0 aliphatic heterocycles. The van der Waals surface area contributed by atoms with Crippen LogP contribution >= 0.6 is 0 Å². The number of amides is 6. The molecule has 3 heterocycles. The number of hydrogen-bond donors (Lipinski definition) is 12. The highest BCUT2D eigenvalue weighted by Gasteiger charge is 2.28. The summed E-state index contributed by atoms with van der Waals surface area (Å²) in [6, 6.07) is 33.0. The first-order valence-electron chi connectivity index (χ1n) is 30.3. The lowest BCUT2D eigenvalue weighted by atomic mass is 9.85. The number of anilines is 3. The topological polar surface area (TPSA) is 362 Å². The van der Waals surface area contributed by atoms with Crippen LogP contribution in [0.1, 0.15) is 94.9 Å². The Morgan fingerprint density at radius 1 is 0.383 bits per heavy atom. The van der Waals surface area contributed by atoms with E-state index < -0.39 is 96.7 Å². The van der Waals surface area contributed by atoms with Crippen LogP contribution in [0, 0.1) is 20.8 Å². The highest BCUT2D eigenvalue weighted by molar-refractivity contribution is 6.01. The first-order valence-corrected chi connectivity index (χ1v) is 30.3. The third kappa shape index (κ3) is 16.7. The van der Waals surface area contributed by atoms with Gasteiger partial charge in [0.05, 0.1) is 40.6 Å². The monoisotopic (exact) mass is 1280 g/mol. The average Bonchev–Trinajstić information content (AvgIpc) is 1.31. The average molecular weight is 1280 g/mol. The van der Waals surface area contributed by atoms with E-state index in [0.29, 0.717) is 67.7 Å². The van der Waals surface area contributed by atoms with E-state index in [1.807, 2.05) is 39.0 Å². The molecule has 24 nitrogen and oxygen atoms in total. The number of benzene rings is 6. The molecule has 488 valence electrons. The van der Waals surface area contributed by atoms with Crippen LogP contribution in [0.4, 0.5) is 17.1 Å². The molecule has 9 aromatic rings. The molecule has 0 fully saturated rings. The van der Waals surface area contributed by atoms with Crippen LogP contribution in [0.2, 0.25) is 0 Å². The fourth-order valence-corrected chi connectivity index (χ4v) is 11.5. The van der Waals surface area contributed by atoms with Crippen molar-refractivity contribution < 1.29 is 72.7 Å². The minimum Gasteiger partial charge on any atom is -0.497 e. The van der Waals surface area contributed by atoms with Gasteiger partial charge in [-0.2, -0.15) is 0 Å². The van der Waals surface area contributed by atoms with Crippen molar-refractivity contribution in [3.63, 3.8) is 0 Å². The van der Waals surface area contributed by atoms with Crippen LogP contribution in [0.5, 0.6) is 17.2 Å². The third-order valence-corrected chi connectivity index (χ3v) is 16.4. The summed E-state index contributed by atoms with van der Waals surface area (Å²) < 4.78 is 16.2. The van der Waals surface area contributed by atoms with Crippen LogP contribution in [-0.2, 0) is 62.4 Å². The first kappa shape index (κ1) is 67.0. The summed E-state index contributed by atoms with van der Waals surface area (Å²) in [5.41, 5.74) is 9.64. The number of rotatable bonds is 30. The summed E-state index contributed by atoms with van der Waals surface area (Å²) in [5, 5.41) is 47.8. The normalized spacial score (nSPS) is 12.2. The van der Waals surface area contributed by atoms with E-state index in [9.17, 15) is 58.5 Å². The number of carboxylic acids is 3. The number of nitrogens with one attached hydrogen (secondary N) is 9. The standard InChI is InChI=1S/C70H73N9O15/c1-37-49(52-31-46(92-4)19-22-55(52)71-37)34-61(80)77-58(25-28-64(83)84)68(89)74-43-13-7-40(8-14-43)67(41-9-15-44(16-10-41)75-69(90)59(26-29-65(85)86)78-62(81)35-50-38(2)72-56-23-20-47(93-5)32-53(50)56)42-11-17-45(18-12-42)76-70(91)60(27-30-66(87)88)79-63(82)36-51-39(3)73-57-24-21-48(94-6)33-54(51)57/h7-24,31-33,58-60,67,71-73H,25-30,34-36H2,1-6H3,(H,74,89)(H,75,90)(H,76,91)(H,77,80)(H,78,81)(H,79,82)(H,83,84)(H,85,86)(H,87,88)/t58-,59-,60-/m0/s1. The van der Waals surface area contributed by atoms with Crippen LogP contribution in [0.25, 0.3) is 32.7 Å². The van der Waals surface area contributed by atoms with Gasteiger partial charge < -0.3 is 76.4 Å². The molecule has 0 aliphatic rings. The van der Waals surface area contributed by atoms with Crippen molar-refractivity contribution in [2.75, 3.05) is 37.3 Å². The molecule has 0 saturated heterocycles. The van der Waals surface area contributed by atoms with Crippen molar-refractivity contribution >= 4 is 103 Å². The summed E-state index contributed by atoms with van der Waals surface area (Å²) in [6.45, 7) is 5.47. The van der Waals surface area contributed by atoms with Crippen molar-refractivity contribution in [1.29, 1.82) is 0 Å². The molecule has 9 rings (SSSR count). The van der Waals surface area contributed by atoms with Crippen molar-refractivity contribution in [3.05, 3.63) is 178 Å². The lowest BCUT2D eigenvalue weighted by molar-refractivity contribution is -0.138. The Labute approximate surface area is 539 Å². The number of aromatic amines is 3. The molecule has 94 heavy (non-hydrogen) atoms. The highest BCUT2D eigenvalue weighted by Crippen LogP contribution is 2.35. The van der Waals surface area contributed by atoms with Gasteiger partial charge in [0.2, 0.25) is 35.4 Å². The zero-order chi connectivity index (χ0) is 67.3. The summed E-state index contributed by atoms with van der Waals surface area (Å²) in [7, 11) is 4.60. The second-order valence-corrected chi connectivity index (χ2v) is 22.9. The van der Waals surface area contributed by atoms with Gasteiger partial charge in [-0.05, 0) is 164 Å². The molecule has 0 unspecified atom stereocenters. The maximum atomic E-state index is 14.0. The lowest BCUT2D eigenvalue weighted by Crippen LogP contribution is -2.44. The van der Waals surface area contributed by atoms with E-state index in [0.717, 1.165) is 49.8 Å². The van der Waals surface area contributed by atoms with Gasteiger partial charge in [0.15, 0.2) is 0 Å². The SMILES string of the molecule is COc1ccc2[nH]c(C)c(CC(=O)N[C@@H](CCC(=O)O)C(=O)Nc3ccc(C(c4ccc(NC(=O)[C@H](CCC(=O)O)NC(=O)Cc5c(C)[nH]c6ccc(OC)cc56)cc4)c4ccc(NC(=O)[C@H](CCC(=O)O)NC(=O)Cc5c(C)[nH]c6ccc(OC)cc56)cc4)cc3)c2c1. The molecular formula is C70H73N9O15. The largest absolute Gasteiger partial charge is 0.497 e. The number of H-pyrrole nitrogens is 3. The summed E-state index contributed by atoms with van der Waals surface area (Å²) in [6.07, 6.45) is -2.21. The summed E-state index contributed by atoms with van der Waals surface area (Å²) >= 11 is 0. The van der Waals surface area contributed by atoms with E-state index in [4.69, 9.17) is 14.2 Å². The maximum absolute atomic E-state index is 14.0. The second-order valence-electron chi connectivity index (χ2n) is 22.9. The molecule has 0 radical (unpaired) electrons. The molecule has 12 N–H and O–H groups in total. The minimum absolute atomic E-state index is 0.114. The van der Waals surface area contributed by atoms with Crippen LogP contribution in [-0.4, -0.2) is 123 Å². The van der Waals surface area contributed by atoms with Gasteiger partial charge in [0.25, 0.3) is 0 Å². The molecule has 0 bridgehead atoms. The Kier molecular flexibility index (Phi) is 21.5. The van der Waals surface area contributed by atoms with E-state index >= 15 is 0 Å². The quantitative estimate of drug-likeness (QED) is 0.0187. The fraction of sp³-hybridized carbons (Fsp3) is 0.271. The van der Waals surface area contributed by atoms with Gasteiger partial charge in [0, 0.05) is 92.0 Å². The van der Waals surface area contributed by atoms with Gasteiger partial charge in [-0.15, -0.1) is 0 Å². The molecule has 24 heteroatoms. The Morgan fingerprint density at radius 2 is 0.638 bits per heavy atom. The zero-order valence-corrected chi connectivity index (χ0v) is 52.5.